The first-order chi connectivity index (χ1) is 9.92. The van der Waals surface area contributed by atoms with Gasteiger partial charge in [0.25, 0.3) is 0 Å². The van der Waals surface area contributed by atoms with Gasteiger partial charge in [0.1, 0.15) is 36.1 Å². The Balaban J connectivity index is 4.66. The Morgan fingerprint density at radius 3 is 1.77 bits per heavy atom. The molecular weight excluding hydrogens is 304 g/mol. The molecule has 0 bridgehead atoms. The summed E-state index contributed by atoms with van der Waals surface area (Å²) in [5.74, 6) is -1.43. The molecule has 0 heterocycles. The highest BCUT2D eigenvalue weighted by Crippen LogP contribution is 2.13. The number of carbonyl (C=O) groups is 1. The van der Waals surface area contributed by atoms with Gasteiger partial charge in [-0.25, -0.2) is 4.79 Å². The smallest absolute Gasteiger partial charge is 0.373 e. The first kappa shape index (κ1) is 21.1. The summed E-state index contributed by atoms with van der Waals surface area (Å²) < 4.78 is 0. The van der Waals surface area contributed by atoms with Crippen molar-refractivity contribution in [1.29, 1.82) is 0 Å². The van der Waals surface area contributed by atoms with Crippen LogP contribution >= 0.6 is 0 Å². The topological polar surface area (TPSA) is 177 Å². The summed E-state index contributed by atoms with van der Waals surface area (Å²) in [5.41, 5.74) is -0.875. The molecule has 10 nitrogen and oxygen atoms in total. The van der Waals surface area contributed by atoms with Crippen LogP contribution in [-0.4, -0.2) is 90.5 Å². The summed E-state index contributed by atoms with van der Waals surface area (Å²) in [7, 11) is 0. The number of carbonyl (C=O) groups excluding carboxylic acids is 1. The van der Waals surface area contributed by atoms with E-state index in [1.807, 2.05) is 0 Å². The zero-order chi connectivity index (χ0) is 17.7. The van der Waals surface area contributed by atoms with E-state index in [9.17, 15) is 30.3 Å². The number of aliphatic hydroxyl groups is 7. The molecule has 0 aromatic heterocycles. The highest BCUT2D eigenvalue weighted by molar-refractivity contribution is 5.74. The third-order valence-corrected chi connectivity index (χ3v) is 2.57. The van der Waals surface area contributed by atoms with E-state index in [-0.39, 0.29) is 0 Å². The molecular formula is C12H24O10. The fourth-order valence-electron chi connectivity index (χ4n) is 1.28. The summed E-state index contributed by atoms with van der Waals surface area (Å²) >= 11 is 0. The molecule has 0 fully saturated rings. The third-order valence-electron chi connectivity index (χ3n) is 2.57. The van der Waals surface area contributed by atoms with Crippen molar-refractivity contribution in [2.75, 3.05) is 6.61 Å². The van der Waals surface area contributed by atoms with Crippen LogP contribution < -0.4 is 0 Å². The lowest BCUT2D eigenvalue weighted by atomic mass is 9.96. The van der Waals surface area contributed by atoms with Crippen LogP contribution in [0, 0.1) is 0 Å². The van der Waals surface area contributed by atoms with Crippen LogP contribution in [0.5, 0.6) is 0 Å². The monoisotopic (exact) mass is 328 g/mol. The fourth-order valence-corrected chi connectivity index (χ4v) is 1.28. The van der Waals surface area contributed by atoms with E-state index in [2.05, 4.69) is 9.78 Å². The van der Waals surface area contributed by atoms with Gasteiger partial charge < -0.3 is 35.7 Å². The number of aliphatic hydroxyl groups excluding tert-OH is 7. The number of hydrogen-bond acceptors (Lipinski definition) is 10. The lowest BCUT2D eigenvalue weighted by Crippen LogP contribution is -2.54. The van der Waals surface area contributed by atoms with E-state index in [4.69, 9.17) is 10.2 Å². The molecule has 0 radical (unpaired) electrons. The first-order valence-corrected chi connectivity index (χ1v) is 6.51. The Labute approximate surface area is 127 Å². The van der Waals surface area contributed by atoms with Crippen molar-refractivity contribution in [3.63, 3.8) is 0 Å². The molecule has 6 atom stereocenters. The second-order valence-corrected chi connectivity index (χ2v) is 5.76. The van der Waals surface area contributed by atoms with Gasteiger partial charge in [0.05, 0.1) is 6.61 Å². The SMILES string of the molecule is CC(C)(C)OOC(=O)[C@H](O)[C@H](O)[C@H](O)[C@H](O)[C@H](O)[C@@H](O)CO. The molecule has 10 heteroatoms. The maximum absolute atomic E-state index is 11.4. The molecule has 0 aromatic rings. The van der Waals surface area contributed by atoms with E-state index in [1.165, 1.54) is 0 Å². The molecule has 7 N–H and O–H groups in total. The Kier molecular flexibility index (Phi) is 8.36. The Hall–Kier alpha value is -0.850. The number of hydrogen-bond donors (Lipinski definition) is 7. The van der Waals surface area contributed by atoms with Crippen LogP contribution in [0.15, 0.2) is 0 Å². The van der Waals surface area contributed by atoms with Gasteiger partial charge in [-0.05, 0) is 20.8 Å². The third kappa shape index (κ3) is 6.50. The van der Waals surface area contributed by atoms with Gasteiger partial charge in [-0.2, -0.15) is 4.89 Å². The number of rotatable bonds is 8. The lowest BCUT2D eigenvalue weighted by Gasteiger charge is -2.29. The predicted octanol–water partition coefficient (Wildman–Crippen LogP) is -3.58. The van der Waals surface area contributed by atoms with Crippen molar-refractivity contribution >= 4 is 5.97 Å². The maximum Gasteiger partial charge on any atom is 0.373 e. The highest BCUT2D eigenvalue weighted by Gasteiger charge is 2.40. The van der Waals surface area contributed by atoms with E-state index in [1.54, 1.807) is 20.8 Å². The predicted molar refractivity (Wildman–Crippen MR) is 70.1 cm³/mol. The summed E-state index contributed by atoms with van der Waals surface area (Å²) in [6.45, 7) is 3.74. The van der Waals surface area contributed by atoms with E-state index >= 15 is 0 Å². The molecule has 132 valence electrons. The molecule has 0 aliphatic rings. The summed E-state index contributed by atoms with van der Waals surface area (Å²) in [4.78, 5) is 20.3. The van der Waals surface area contributed by atoms with Gasteiger partial charge in [-0.15, -0.1) is 0 Å². The van der Waals surface area contributed by atoms with Crippen molar-refractivity contribution < 1.29 is 50.3 Å². The van der Waals surface area contributed by atoms with Crippen molar-refractivity contribution in [2.24, 2.45) is 0 Å². The van der Waals surface area contributed by atoms with Gasteiger partial charge in [-0.3, -0.25) is 4.89 Å². The summed E-state index contributed by atoms with van der Waals surface area (Å²) in [6, 6.07) is 0. The van der Waals surface area contributed by atoms with E-state index in [0.29, 0.717) is 0 Å². The van der Waals surface area contributed by atoms with Crippen LogP contribution in [0.3, 0.4) is 0 Å². The Bertz CT molecular complexity index is 341. The fraction of sp³-hybridized carbons (Fsp3) is 0.917. The standard InChI is InChI=1S/C12H24O10/c1-12(2,3)22-21-11(20)10(19)9(18)8(17)7(16)6(15)5(14)4-13/h5-10,13-19H,4H2,1-3H3/t5-,6+,7+,8+,9+,10+/m0/s1. The Morgan fingerprint density at radius 2 is 1.36 bits per heavy atom. The van der Waals surface area contributed by atoms with Gasteiger partial charge in [-0.1, -0.05) is 0 Å². The zero-order valence-electron chi connectivity index (χ0n) is 12.5. The minimum Gasteiger partial charge on any atom is -0.394 e. The van der Waals surface area contributed by atoms with Crippen molar-refractivity contribution in [2.45, 2.75) is 63.0 Å². The minimum absolute atomic E-state index is 0.875. The average Bonchev–Trinajstić information content (AvgIpc) is 2.46. The van der Waals surface area contributed by atoms with E-state index in [0.717, 1.165) is 0 Å². The molecule has 0 saturated heterocycles. The van der Waals surface area contributed by atoms with Gasteiger partial charge >= 0.3 is 5.97 Å². The van der Waals surface area contributed by atoms with Crippen LogP contribution in [-0.2, 0) is 14.6 Å². The molecule has 0 aliphatic carbocycles. The molecule has 0 unspecified atom stereocenters. The maximum atomic E-state index is 11.4. The molecule has 0 saturated carbocycles. The Morgan fingerprint density at radius 1 is 0.909 bits per heavy atom. The minimum atomic E-state index is -2.27. The van der Waals surface area contributed by atoms with E-state index < -0.39 is 54.8 Å². The normalized spacial score (nSPS) is 20.6. The van der Waals surface area contributed by atoms with Gasteiger partial charge in [0.2, 0.25) is 0 Å². The average molecular weight is 328 g/mol. The largest absolute Gasteiger partial charge is 0.394 e. The van der Waals surface area contributed by atoms with Crippen LogP contribution in [0.25, 0.3) is 0 Å². The molecule has 0 aromatic carbocycles. The second kappa shape index (κ2) is 8.70. The molecule has 0 amide bonds. The molecule has 0 rings (SSSR count). The quantitative estimate of drug-likeness (QED) is 0.174. The zero-order valence-corrected chi connectivity index (χ0v) is 12.5. The molecule has 22 heavy (non-hydrogen) atoms. The first-order valence-electron chi connectivity index (χ1n) is 6.51. The van der Waals surface area contributed by atoms with Crippen LogP contribution in [0.2, 0.25) is 0 Å². The van der Waals surface area contributed by atoms with Crippen LogP contribution in [0.4, 0.5) is 0 Å². The van der Waals surface area contributed by atoms with Crippen molar-refractivity contribution in [3.05, 3.63) is 0 Å². The van der Waals surface area contributed by atoms with Crippen LogP contribution in [0.1, 0.15) is 20.8 Å². The molecule has 0 spiro atoms. The van der Waals surface area contributed by atoms with Gasteiger partial charge in [0, 0.05) is 0 Å². The van der Waals surface area contributed by atoms with Gasteiger partial charge in [0.15, 0.2) is 6.10 Å². The summed E-state index contributed by atoms with van der Waals surface area (Å²) in [5, 5.41) is 65.3. The lowest BCUT2D eigenvalue weighted by molar-refractivity contribution is -0.327. The second-order valence-electron chi connectivity index (χ2n) is 5.76. The van der Waals surface area contributed by atoms with Crippen molar-refractivity contribution in [3.8, 4) is 0 Å². The summed E-state index contributed by atoms with van der Waals surface area (Å²) in [6.07, 6.45) is -12.6. The highest BCUT2D eigenvalue weighted by atomic mass is 17.2. The molecule has 0 aliphatic heterocycles. The van der Waals surface area contributed by atoms with Crippen molar-refractivity contribution in [1.82, 2.24) is 0 Å².